The number of nitrogens with zero attached hydrogens (tertiary/aromatic N) is 1. The smallest absolute Gasteiger partial charge is 0.243 e. The second-order valence-electron chi connectivity index (χ2n) is 8.32. The van der Waals surface area contributed by atoms with Crippen LogP contribution in [-0.4, -0.2) is 35.8 Å². The van der Waals surface area contributed by atoms with Crippen LogP contribution < -0.4 is 10.1 Å². The minimum Gasteiger partial charge on any atom is -0.496 e. The number of benzene rings is 1. The van der Waals surface area contributed by atoms with E-state index in [0.717, 1.165) is 5.56 Å². The van der Waals surface area contributed by atoms with E-state index in [2.05, 4.69) is 5.32 Å². The standard InChI is InChI=1S/C23H30N2O4/c1-14(2)13-19(25-22(27)17-10-5-6-11-18(17)23(25)28)21(26)24-15(3)16-9-7-8-12-20(16)29-4/h5-9,12,14-15,17-19H,10-11,13H2,1-4H3,(H,24,26). The molecule has 1 saturated heterocycles. The molecule has 3 amide bonds. The van der Waals surface area contributed by atoms with Gasteiger partial charge in [0.25, 0.3) is 0 Å². The number of rotatable bonds is 7. The zero-order chi connectivity index (χ0) is 21.1. The van der Waals surface area contributed by atoms with Crippen LogP contribution in [0.1, 0.15) is 51.6 Å². The number of para-hydroxylation sites is 1. The van der Waals surface area contributed by atoms with Gasteiger partial charge in [-0.1, -0.05) is 44.2 Å². The molecule has 156 valence electrons. The fraction of sp³-hybridized carbons (Fsp3) is 0.522. The molecular formula is C23H30N2O4. The third-order valence-electron chi connectivity index (χ3n) is 5.81. The number of carbonyl (C=O) groups excluding carboxylic acids is 3. The number of imide groups is 1. The number of allylic oxidation sites excluding steroid dienone is 2. The Morgan fingerprint density at radius 1 is 1.10 bits per heavy atom. The highest BCUT2D eigenvalue weighted by Gasteiger charge is 2.51. The molecule has 0 radical (unpaired) electrons. The highest BCUT2D eigenvalue weighted by atomic mass is 16.5. The normalized spacial score (nSPS) is 23.1. The van der Waals surface area contributed by atoms with Gasteiger partial charge in [-0.05, 0) is 38.2 Å². The first-order chi connectivity index (χ1) is 13.8. The van der Waals surface area contributed by atoms with E-state index in [1.807, 2.05) is 57.2 Å². The highest BCUT2D eigenvalue weighted by molar-refractivity contribution is 6.08. The quantitative estimate of drug-likeness (QED) is 0.565. The summed E-state index contributed by atoms with van der Waals surface area (Å²) in [5, 5.41) is 3.00. The number of carbonyl (C=O) groups is 3. The molecule has 1 aromatic rings. The molecule has 0 bridgehead atoms. The number of hydrogen-bond acceptors (Lipinski definition) is 4. The Hall–Kier alpha value is -2.63. The lowest BCUT2D eigenvalue weighted by Gasteiger charge is -2.29. The van der Waals surface area contributed by atoms with Gasteiger partial charge in [0.2, 0.25) is 17.7 Å². The molecule has 0 spiro atoms. The maximum atomic E-state index is 13.2. The van der Waals surface area contributed by atoms with Gasteiger partial charge in [0.05, 0.1) is 25.0 Å². The Morgan fingerprint density at radius 3 is 2.24 bits per heavy atom. The summed E-state index contributed by atoms with van der Waals surface area (Å²) in [6.07, 6.45) is 5.49. The second kappa shape index (κ2) is 8.80. The van der Waals surface area contributed by atoms with Crippen LogP contribution in [0.3, 0.4) is 0 Å². The summed E-state index contributed by atoms with van der Waals surface area (Å²) in [5.74, 6) is -0.543. The first-order valence-electron chi connectivity index (χ1n) is 10.3. The van der Waals surface area contributed by atoms with Gasteiger partial charge in [-0.25, -0.2) is 0 Å². The molecule has 2 aliphatic rings. The van der Waals surface area contributed by atoms with Crippen molar-refractivity contribution in [1.29, 1.82) is 0 Å². The zero-order valence-electron chi connectivity index (χ0n) is 17.6. The predicted octanol–water partition coefficient (Wildman–Crippen LogP) is 3.24. The van der Waals surface area contributed by atoms with Crippen molar-refractivity contribution in [2.24, 2.45) is 17.8 Å². The predicted molar refractivity (Wildman–Crippen MR) is 110 cm³/mol. The molecule has 0 aromatic heterocycles. The van der Waals surface area contributed by atoms with Crippen molar-refractivity contribution in [2.75, 3.05) is 7.11 Å². The lowest BCUT2D eigenvalue weighted by Crippen LogP contribution is -2.51. The number of nitrogens with one attached hydrogen (secondary N) is 1. The van der Waals surface area contributed by atoms with Crippen LogP contribution in [0.2, 0.25) is 0 Å². The lowest BCUT2D eigenvalue weighted by molar-refractivity contribution is -0.148. The fourth-order valence-corrected chi connectivity index (χ4v) is 4.32. The van der Waals surface area contributed by atoms with Gasteiger partial charge >= 0.3 is 0 Å². The molecule has 4 unspecified atom stereocenters. The van der Waals surface area contributed by atoms with E-state index in [-0.39, 0.29) is 41.5 Å². The summed E-state index contributed by atoms with van der Waals surface area (Å²) in [7, 11) is 1.59. The number of amides is 3. The van der Waals surface area contributed by atoms with E-state index >= 15 is 0 Å². The molecule has 4 atom stereocenters. The van der Waals surface area contributed by atoms with Crippen LogP contribution >= 0.6 is 0 Å². The van der Waals surface area contributed by atoms with Crippen molar-refractivity contribution in [3.8, 4) is 5.75 Å². The summed E-state index contributed by atoms with van der Waals surface area (Å²) in [4.78, 5) is 40.5. The molecule has 1 aliphatic heterocycles. The molecular weight excluding hydrogens is 368 g/mol. The Balaban J connectivity index is 1.82. The lowest BCUT2D eigenvalue weighted by atomic mass is 9.85. The summed E-state index contributed by atoms with van der Waals surface area (Å²) < 4.78 is 5.39. The van der Waals surface area contributed by atoms with Gasteiger partial charge < -0.3 is 10.1 Å². The summed E-state index contributed by atoms with van der Waals surface area (Å²) in [6, 6.07) is 6.39. The monoisotopic (exact) mass is 398 g/mol. The van der Waals surface area contributed by atoms with Gasteiger partial charge in [0.15, 0.2) is 0 Å². The van der Waals surface area contributed by atoms with Crippen LogP contribution in [0.25, 0.3) is 0 Å². The van der Waals surface area contributed by atoms with Crippen LogP contribution in [-0.2, 0) is 14.4 Å². The van der Waals surface area contributed by atoms with Crippen molar-refractivity contribution >= 4 is 17.7 Å². The van der Waals surface area contributed by atoms with Crippen molar-refractivity contribution in [3.63, 3.8) is 0 Å². The summed E-state index contributed by atoms with van der Waals surface area (Å²) in [5.41, 5.74) is 0.851. The first kappa shape index (κ1) is 21.1. The zero-order valence-corrected chi connectivity index (χ0v) is 17.6. The first-order valence-corrected chi connectivity index (χ1v) is 10.3. The van der Waals surface area contributed by atoms with E-state index in [1.165, 1.54) is 4.90 Å². The van der Waals surface area contributed by atoms with E-state index < -0.39 is 6.04 Å². The minimum absolute atomic E-state index is 0.161. The maximum absolute atomic E-state index is 13.2. The van der Waals surface area contributed by atoms with Crippen molar-refractivity contribution in [1.82, 2.24) is 10.2 Å². The summed E-state index contributed by atoms with van der Waals surface area (Å²) in [6.45, 7) is 5.85. The molecule has 6 nitrogen and oxygen atoms in total. The third kappa shape index (κ3) is 4.21. The average Bonchev–Trinajstić information content (AvgIpc) is 2.96. The van der Waals surface area contributed by atoms with Crippen molar-refractivity contribution in [3.05, 3.63) is 42.0 Å². The van der Waals surface area contributed by atoms with Gasteiger partial charge in [0.1, 0.15) is 11.8 Å². The molecule has 1 N–H and O–H groups in total. The fourth-order valence-electron chi connectivity index (χ4n) is 4.32. The molecule has 0 saturated carbocycles. The van der Waals surface area contributed by atoms with Gasteiger partial charge in [-0.3, -0.25) is 19.3 Å². The number of likely N-dealkylation sites (tertiary alicyclic amines) is 1. The topological polar surface area (TPSA) is 75.7 Å². The highest BCUT2D eigenvalue weighted by Crippen LogP contribution is 2.37. The Labute approximate surface area is 172 Å². The Kier molecular flexibility index (Phi) is 6.40. The molecule has 1 aromatic carbocycles. The molecule has 1 heterocycles. The number of ether oxygens (including phenoxy) is 1. The van der Waals surface area contributed by atoms with Crippen LogP contribution in [0.5, 0.6) is 5.75 Å². The average molecular weight is 399 g/mol. The van der Waals surface area contributed by atoms with E-state index in [4.69, 9.17) is 4.74 Å². The molecule has 6 heteroatoms. The third-order valence-corrected chi connectivity index (χ3v) is 5.81. The molecule has 1 aliphatic carbocycles. The molecule has 3 rings (SSSR count). The van der Waals surface area contributed by atoms with Gasteiger partial charge in [0, 0.05) is 5.56 Å². The molecule has 29 heavy (non-hydrogen) atoms. The Bertz CT molecular complexity index is 791. The number of methoxy groups -OCH3 is 1. The van der Waals surface area contributed by atoms with E-state index in [0.29, 0.717) is 25.0 Å². The SMILES string of the molecule is COc1ccccc1C(C)NC(=O)C(CC(C)C)N1C(=O)C2CC=CCC2C1=O. The maximum Gasteiger partial charge on any atom is 0.243 e. The largest absolute Gasteiger partial charge is 0.496 e. The van der Waals surface area contributed by atoms with E-state index in [1.54, 1.807) is 7.11 Å². The summed E-state index contributed by atoms with van der Waals surface area (Å²) >= 11 is 0. The van der Waals surface area contributed by atoms with Crippen molar-refractivity contribution < 1.29 is 19.1 Å². The minimum atomic E-state index is -0.794. The number of hydrogen-bond donors (Lipinski definition) is 1. The van der Waals surface area contributed by atoms with Crippen LogP contribution in [0, 0.1) is 17.8 Å². The Morgan fingerprint density at radius 2 is 1.69 bits per heavy atom. The van der Waals surface area contributed by atoms with E-state index in [9.17, 15) is 14.4 Å². The van der Waals surface area contributed by atoms with Crippen molar-refractivity contribution in [2.45, 2.75) is 52.1 Å². The van der Waals surface area contributed by atoms with Gasteiger partial charge in [-0.2, -0.15) is 0 Å². The van der Waals surface area contributed by atoms with Gasteiger partial charge in [-0.15, -0.1) is 0 Å². The second-order valence-corrected chi connectivity index (χ2v) is 8.32. The molecule has 1 fully saturated rings. The van der Waals surface area contributed by atoms with Crippen LogP contribution in [0.4, 0.5) is 0 Å². The van der Waals surface area contributed by atoms with Crippen LogP contribution in [0.15, 0.2) is 36.4 Å². The number of fused-ring (bicyclic) bond motifs is 1.